The number of benzene rings is 1. The fourth-order valence-electron chi connectivity index (χ4n) is 1.23. The smallest absolute Gasteiger partial charge is 0.200 e. The molecule has 84 valence electrons. The van der Waals surface area contributed by atoms with E-state index >= 15 is 0 Å². The van der Waals surface area contributed by atoms with Gasteiger partial charge in [0, 0.05) is 6.04 Å². The Morgan fingerprint density at radius 3 is 2.60 bits per heavy atom. The molecule has 3 N–H and O–H groups in total. The second-order valence-corrected chi connectivity index (χ2v) is 3.20. The number of hydrogen-bond acceptors (Lipinski definition) is 3. The van der Waals surface area contributed by atoms with Crippen LogP contribution in [0.1, 0.15) is 5.56 Å². The third kappa shape index (κ3) is 2.64. The van der Waals surface area contributed by atoms with Gasteiger partial charge >= 0.3 is 0 Å². The van der Waals surface area contributed by atoms with E-state index in [1.165, 1.54) is 19.2 Å². The van der Waals surface area contributed by atoms with Gasteiger partial charge in [0.25, 0.3) is 0 Å². The minimum Gasteiger partial charge on any atom is -0.494 e. The molecule has 0 aromatic heterocycles. The van der Waals surface area contributed by atoms with E-state index in [1.807, 2.05) is 0 Å². The molecule has 0 heterocycles. The highest BCUT2D eigenvalue weighted by Gasteiger charge is 2.15. The predicted octanol–water partition coefficient (Wildman–Crippen LogP) is 0.835. The average Bonchev–Trinajstić information content (AvgIpc) is 2.25. The summed E-state index contributed by atoms with van der Waals surface area (Å²) < 4.78 is 31.2. The number of aliphatic hydroxyl groups is 1. The van der Waals surface area contributed by atoms with Crippen molar-refractivity contribution < 1.29 is 18.6 Å². The van der Waals surface area contributed by atoms with Gasteiger partial charge in [-0.2, -0.15) is 4.39 Å². The first-order valence-electron chi connectivity index (χ1n) is 4.47. The van der Waals surface area contributed by atoms with Crippen molar-refractivity contribution in [1.29, 1.82) is 0 Å². The van der Waals surface area contributed by atoms with E-state index in [0.717, 1.165) is 0 Å². The largest absolute Gasteiger partial charge is 0.494 e. The maximum atomic E-state index is 13.4. The van der Waals surface area contributed by atoms with Crippen LogP contribution in [0.15, 0.2) is 12.1 Å². The van der Waals surface area contributed by atoms with Gasteiger partial charge < -0.3 is 15.6 Å². The molecule has 5 heteroatoms. The first-order valence-corrected chi connectivity index (χ1v) is 4.47. The Labute approximate surface area is 86.5 Å². The Kier molecular flexibility index (Phi) is 3.99. The first-order chi connectivity index (χ1) is 7.10. The predicted molar refractivity (Wildman–Crippen MR) is 51.7 cm³/mol. The van der Waals surface area contributed by atoms with Gasteiger partial charge in [-0.05, 0) is 18.1 Å². The highest BCUT2D eigenvalue weighted by Crippen LogP contribution is 2.22. The molecule has 0 radical (unpaired) electrons. The van der Waals surface area contributed by atoms with Crippen molar-refractivity contribution in [3.05, 3.63) is 29.3 Å². The summed E-state index contributed by atoms with van der Waals surface area (Å²) in [4.78, 5) is 0. The van der Waals surface area contributed by atoms with E-state index in [4.69, 9.17) is 10.8 Å². The van der Waals surface area contributed by atoms with Crippen LogP contribution in [0.25, 0.3) is 0 Å². The van der Waals surface area contributed by atoms with Crippen LogP contribution in [0.4, 0.5) is 8.78 Å². The van der Waals surface area contributed by atoms with Gasteiger partial charge in [0.05, 0.1) is 13.7 Å². The minimum atomic E-state index is -1.03. The van der Waals surface area contributed by atoms with Crippen LogP contribution in [0.5, 0.6) is 5.75 Å². The van der Waals surface area contributed by atoms with E-state index in [2.05, 4.69) is 4.74 Å². The van der Waals surface area contributed by atoms with E-state index < -0.39 is 17.7 Å². The highest BCUT2D eigenvalue weighted by molar-refractivity contribution is 5.31. The molecule has 0 bridgehead atoms. The lowest BCUT2D eigenvalue weighted by atomic mass is 10.1. The normalized spacial score (nSPS) is 12.6. The molecule has 0 aliphatic carbocycles. The van der Waals surface area contributed by atoms with Crippen LogP contribution in [0.2, 0.25) is 0 Å². The number of ether oxygens (including phenoxy) is 1. The average molecular weight is 217 g/mol. The van der Waals surface area contributed by atoms with Gasteiger partial charge in [-0.1, -0.05) is 6.07 Å². The molecule has 0 saturated carbocycles. The van der Waals surface area contributed by atoms with E-state index in [9.17, 15) is 8.78 Å². The third-order valence-electron chi connectivity index (χ3n) is 2.06. The molecule has 15 heavy (non-hydrogen) atoms. The lowest BCUT2D eigenvalue weighted by Crippen LogP contribution is -2.27. The zero-order valence-electron chi connectivity index (χ0n) is 8.34. The van der Waals surface area contributed by atoms with Gasteiger partial charge in [-0.3, -0.25) is 0 Å². The molecule has 1 aromatic carbocycles. The number of nitrogens with two attached hydrogens (primary N) is 1. The van der Waals surface area contributed by atoms with Crippen molar-refractivity contribution in [2.75, 3.05) is 13.7 Å². The Hall–Kier alpha value is -1.20. The van der Waals surface area contributed by atoms with Gasteiger partial charge in [0.1, 0.15) is 0 Å². The first kappa shape index (κ1) is 11.9. The molecule has 0 spiro atoms. The van der Waals surface area contributed by atoms with Crippen LogP contribution in [0.3, 0.4) is 0 Å². The highest BCUT2D eigenvalue weighted by atomic mass is 19.2. The van der Waals surface area contributed by atoms with E-state index in [-0.39, 0.29) is 24.3 Å². The molecule has 0 fully saturated rings. The number of hydrogen-bond donors (Lipinski definition) is 2. The van der Waals surface area contributed by atoms with Crippen LogP contribution in [-0.4, -0.2) is 24.9 Å². The second kappa shape index (κ2) is 5.04. The Bertz CT molecular complexity index is 344. The number of rotatable bonds is 4. The molecular formula is C10H13F2NO2. The standard InChI is InChI=1S/C10H13F2NO2/c1-15-8-3-2-6(4-7(13)5-14)9(11)10(8)12/h2-3,7,14H,4-5,13H2,1H3. The molecule has 1 atom stereocenters. The summed E-state index contributed by atoms with van der Waals surface area (Å²) in [5.74, 6) is -2.15. The summed E-state index contributed by atoms with van der Waals surface area (Å²) in [6.07, 6.45) is 0.0866. The van der Waals surface area contributed by atoms with Gasteiger partial charge in [-0.25, -0.2) is 4.39 Å². The van der Waals surface area contributed by atoms with Gasteiger partial charge in [0.2, 0.25) is 5.82 Å². The number of methoxy groups -OCH3 is 1. The van der Waals surface area contributed by atoms with Crippen LogP contribution in [0, 0.1) is 11.6 Å². The SMILES string of the molecule is COc1ccc(CC(N)CO)c(F)c1F. The van der Waals surface area contributed by atoms with Crippen LogP contribution >= 0.6 is 0 Å². The Balaban J connectivity index is 2.96. The molecule has 1 aromatic rings. The molecule has 1 rings (SSSR count). The Morgan fingerprint density at radius 1 is 1.40 bits per heavy atom. The molecule has 1 unspecified atom stereocenters. The topological polar surface area (TPSA) is 55.5 Å². The summed E-state index contributed by atoms with van der Waals surface area (Å²) in [6, 6.07) is 2.14. The molecule has 0 saturated heterocycles. The summed E-state index contributed by atoms with van der Waals surface area (Å²) in [6.45, 7) is -0.271. The summed E-state index contributed by atoms with van der Waals surface area (Å²) >= 11 is 0. The van der Waals surface area contributed by atoms with Gasteiger partial charge in [0.15, 0.2) is 11.6 Å². The summed E-state index contributed by atoms with van der Waals surface area (Å²) in [7, 11) is 1.26. The molecule has 0 aliphatic rings. The lowest BCUT2D eigenvalue weighted by Gasteiger charge is -2.10. The van der Waals surface area contributed by atoms with Crippen molar-refractivity contribution in [2.45, 2.75) is 12.5 Å². The van der Waals surface area contributed by atoms with Crippen molar-refractivity contribution in [1.82, 2.24) is 0 Å². The monoisotopic (exact) mass is 217 g/mol. The summed E-state index contributed by atoms with van der Waals surface area (Å²) in [5, 5.41) is 8.69. The van der Waals surface area contributed by atoms with Gasteiger partial charge in [-0.15, -0.1) is 0 Å². The second-order valence-electron chi connectivity index (χ2n) is 3.20. The zero-order chi connectivity index (χ0) is 11.4. The van der Waals surface area contributed by atoms with E-state index in [1.54, 1.807) is 0 Å². The number of aliphatic hydroxyl groups excluding tert-OH is 1. The van der Waals surface area contributed by atoms with E-state index in [0.29, 0.717) is 0 Å². The molecule has 3 nitrogen and oxygen atoms in total. The molecular weight excluding hydrogens is 204 g/mol. The molecule has 0 aliphatic heterocycles. The lowest BCUT2D eigenvalue weighted by molar-refractivity contribution is 0.264. The van der Waals surface area contributed by atoms with Crippen molar-refractivity contribution >= 4 is 0 Å². The summed E-state index contributed by atoms with van der Waals surface area (Å²) in [5.41, 5.74) is 5.56. The third-order valence-corrected chi connectivity index (χ3v) is 2.06. The fraction of sp³-hybridized carbons (Fsp3) is 0.400. The minimum absolute atomic E-state index is 0.0866. The zero-order valence-corrected chi connectivity index (χ0v) is 8.34. The van der Waals surface area contributed by atoms with Crippen molar-refractivity contribution in [2.24, 2.45) is 5.73 Å². The maximum absolute atomic E-state index is 13.4. The molecule has 0 amide bonds. The quantitative estimate of drug-likeness (QED) is 0.785. The maximum Gasteiger partial charge on any atom is 0.200 e. The Morgan fingerprint density at radius 2 is 2.07 bits per heavy atom. The van der Waals surface area contributed by atoms with Crippen LogP contribution < -0.4 is 10.5 Å². The fourth-order valence-corrected chi connectivity index (χ4v) is 1.23. The number of halogens is 2. The van der Waals surface area contributed by atoms with Crippen molar-refractivity contribution in [3.63, 3.8) is 0 Å². The van der Waals surface area contributed by atoms with Crippen molar-refractivity contribution in [3.8, 4) is 5.75 Å². The van der Waals surface area contributed by atoms with Crippen LogP contribution in [-0.2, 0) is 6.42 Å².